The summed E-state index contributed by atoms with van der Waals surface area (Å²) < 4.78 is 18.9. The first-order valence-corrected chi connectivity index (χ1v) is 6.23. The molecule has 0 fully saturated rings. The molecule has 0 aliphatic heterocycles. The third-order valence-corrected chi connectivity index (χ3v) is 3.08. The molecule has 0 atom stereocenters. The van der Waals surface area contributed by atoms with Crippen LogP contribution >= 0.6 is 0 Å². The molecule has 1 amide bonds. The molecule has 2 aromatic carbocycles. The Labute approximate surface area is 121 Å². The fraction of sp³-hybridized carbons (Fsp3) is 0.125. The normalized spacial score (nSPS) is 9.95. The Balaban J connectivity index is 2.11. The van der Waals surface area contributed by atoms with Gasteiger partial charge in [-0.05, 0) is 42.3 Å². The van der Waals surface area contributed by atoms with Crippen LogP contribution in [0.1, 0.15) is 27.0 Å². The van der Waals surface area contributed by atoms with Gasteiger partial charge in [-0.15, -0.1) is 0 Å². The largest absolute Gasteiger partial charge is 0.489 e. The van der Waals surface area contributed by atoms with E-state index < -0.39 is 11.7 Å². The number of carbonyl (C=O) groups excluding carboxylic acids is 1. The molecule has 0 radical (unpaired) electrons. The number of ether oxygens (including phenoxy) is 1. The molecule has 5 heteroatoms. The number of amides is 1. The number of hydrogen-bond acceptors (Lipinski definition) is 3. The van der Waals surface area contributed by atoms with E-state index in [0.29, 0.717) is 11.3 Å². The molecule has 4 nitrogen and oxygen atoms in total. The van der Waals surface area contributed by atoms with Crippen molar-refractivity contribution in [3.8, 4) is 11.8 Å². The number of nitriles is 1. The average molecular weight is 284 g/mol. The van der Waals surface area contributed by atoms with E-state index in [-0.39, 0.29) is 12.2 Å². The maximum absolute atomic E-state index is 13.4. The van der Waals surface area contributed by atoms with Crippen molar-refractivity contribution in [2.24, 2.45) is 5.73 Å². The predicted molar refractivity (Wildman–Crippen MR) is 75.1 cm³/mol. The number of nitrogens with zero attached hydrogens (tertiary/aromatic N) is 1. The summed E-state index contributed by atoms with van der Waals surface area (Å²) in [5.41, 5.74) is 7.34. The third-order valence-electron chi connectivity index (χ3n) is 3.08. The second kappa shape index (κ2) is 6.06. The van der Waals surface area contributed by atoms with Gasteiger partial charge in [-0.2, -0.15) is 5.26 Å². The van der Waals surface area contributed by atoms with Crippen molar-refractivity contribution in [3.63, 3.8) is 0 Å². The van der Waals surface area contributed by atoms with Gasteiger partial charge in [-0.3, -0.25) is 4.79 Å². The zero-order chi connectivity index (χ0) is 15.4. The number of rotatable bonds is 4. The summed E-state index contributed by atoms with van der Waals surface area (Å²) in [7, 11) is 0. The smallest absolute Gasteiger partial charge is 0.248 e. The van der Waals surface area contributed by atoms with Crippen LogP contribution in [-0.2, 0) is 6.61 Å². The Hall–Kier alpha value is -2.87. The standard InChI is InChI=1S/C16H13FN2O2/c1-10-6-11(16(19)20)2-3-13(10)9-21-14-5-4-12(8-18)15(17)7-14/h2-7H,9H2,1H3,(H2,19,20). The van der Waals surface area contributed by atoms with Crippen LogP contribution in [0.25, 0.3) is 0 Å². The SMILES string of the molecule is Cc1cc(C(N)=O)ccc1COc1ccc(C#N)c(F)c1. The monoisotopic (exact) mass is 284 g/mol. The van der Waals surface area contributed by atoms with E-state index in [2.05, 4.69) is 0 Å². The molecule has 0 saturated carbocycles. The highest BCUT2D eigenvalue weighted by Gasteiger charge is 2.07. The number of primary amides is 1. The van der Waals surface area contributed by atoms with Gasteiger partial charge in [0.1, 0.15) is 24.2 Å². The van der Waals surface area contributed by atoms with Gasteiger partial charge in [0.15, 0.2) is 0 Å². The maximum Gasteiger partial charge on any atom is 0.248 e. The molecular formula is C16H13FN2O2. The molecule has 0 aliphatic rings. The van der Waals surface area contributed by atoms with E-state index in [9.17, 15) is 9.18 Å². The molecule has 0 unspecified atom stereocenters. The number of hydrogen-bond donors (Lipinski definition) is 1. The van der Waals surface area contributed by atoms with Crippen molar-refractivity contribution >= 4 is 5.91 Å². The summed E-state index contributed by atoms with van der Waals surface area (Å²) in [6.07, 6.45) is 0. The van der Waals surface area contributed by atoms with Gasteiger partial charge in [0.25, 0.3) is 0 Å². The van der Waals surface area contributed by atoms with Gasteiger partial charge in [0.2, 0.25) is 5.91 Å². The second-order valence-electron chi connectivity index (χ2n) is 4.55. The van der Waals surface area contributed by atoms with E-state index >= 15 is 0 Å². The second-order valence-corrected chi connectivity index (χ2v) is 4.55. The van der Waals surface area contributed by atoms with Crippen molar-refractivity contribution in [1.82, 2.24) is 0 Å². The van der Waals surface area contributed by atoms with E-state index in [0.717, 1.165) is 11.1 Å². The minimum absolute atomic E-state index is 0.0238. The lowest BCUT2D eigenvalue weighted by molar-refractivity contribution is 0.1000. The number of nitrogens with two attached hydrogens (primary N) is 1. The van der Waals surface area contributed by atoms with Crippen LogP contribution in [0.3, 0.4) is 0 Å². The fourth-order valence-corrected chi connectivity index (χ4v) is 1.85. The van der Waals surface area contributed by atoms with Crippen LogP contribution in [-0.4, -0.2) is 5.91 Å². The summed E-state index contributed by atoms with van der Waals surface area (Å²) >= 11 is 0. The number of halogens is 1. The van der Waals surface area contributed by atoms with E-state index in [4.69, 9.17) is 15.7 Å². The molecule has 0 aromatic heterocycles. The summed E-state index contributed by atoms with van der Waals surface area (Å²) in [4.78, 5) is 11.1. The molecule has 0 aliphatic carbocycles. The van der Waals surface area contributed by atoms with Crippen LogP contribution < -0.4 is 10.5 Å². The van der Waals surface area contributed by atoms with Crippen molar-refractivity contribution in [1.29, 1.82) is 5.26 Å². The van der Waals surface area contributed by atoms with Crippen LogP contribution in [0.5, 0.6) is 5.75 Å². The zero-order valence-electron chi connectivity index (χ0n) is 11.4. The first-order valence-electron chi connectivity index (χ1n) is 6.23. The summed E-state index contributed by atoms with van der Waals surface area (Å²) in [6, 6.07) is 10.9. The maximum atomic E-state index is 13.4. The Morgan fingerprint density at radius 1 is 1.33 bits per heavy atom. The first kappa shape index (κ1) is 14.5. The highest BCUT2D eigenvalue weighted by molar-refractivity contribution is 5.93. The van der Waals surface area contributed by atoms with Gasteiger partial charge >= 0.3 is 0 Å². The van der Waals surface area contributed by atoms with Gasteiger partial charge in [-0.25, -0.2) is 4.39 Å². The van der Waals surface area contributed by atoms with E-state index in [1.165, 1.54) is 18.2 Å². The molecule has 0 spiro atoms. The van der Waals surface area contributed by atoms with Crippen molar-refractivity contribution in [2.75, 3.05) is 0 Å². The Morgan fingerprint density at radius 2 is 2.10 bits per heavy atom. The molecule has 0 saturated heterocycles. The van der Waals surface area contributed by atoms with Crippen LogP contribution in [0, 0.1) is 24.1 Å². The third kappa shape index (κ3) is 3.37. The lowest BCUT2D eigenvalue weighted by atomic mass is 10.1. The van der Waals surface area contributed by atoms with E-state index in [1.54, 1.807) is 24.3 Å². The lowest BCUT2D eigenvalue weighted by Gasteiger charge is -2.10. The summed E-state index contributed by atoms with van der Waals surface area (Å²) in [5, 5.41) is 8.66. The number of carbonyl (C=O) groups is 1. The minimum Gasteiger partial charge on any atom is -0.489 e. The highest BCUT2D eigenvalue weighted by Crippen LogP contribution is 2.19. The quantitative estimate of drug-likeness (QED) is 0.937. The van der Waals surface area contributed by atoms with Gasteiger partial charge < -0.3 is 10.5 Å². The highest BCUT2D eigenvalue weighted by atomic mass is 19.1. The Bertz CT molecular complexity index is 736. The lowest BCUT2D eigenvalue weighted by Crippen LogP contribution is -2.11. The molecular weight excluding hydrogens is 271 g/mol. The van der Waals surface area contributed by atoms with Gasteiger partial charge in [-0.1, -0.05) is 6.07 Å². The molecule has 106 valence electrons. The minimum atomic E-state index is -0.615. The molecule has 2 N–H and O–H groups in total. The summed E-state index contributed by atoms with van der Waals surface area (Å²) in [5.74, 6) is -0.764. The van der Waals surface area contributed by atoms with Crippen LogP contribution in [0.4, 0.5) is 4.39 Å². The fourth-order valence-electron chi connectivity index (χ4n) is 1.85. The van der Waals surface area contributed by atoms with Crippen LogP contribution in [0.15, 0.2) is 36.4 Å². The molecule has 2 rings (SSSR count). The van der Waals surface area contributed by atoms with Crippen molar-refractivity contribution in [3.05, 3.63) is 64.5 Å². The first-order chi connectivity index (χ1) is 10.0. The van der Waals surface area contributed by atoms with Crippen molar-refractivity contribution < 1.29 is 13.9 Å². The Morgan fingerprint density at radius 3 is 2.67 bits per heavy atom. The number of aryl methyl sites for hydroxylation is 1. The topological polar surface area (TPSA) is 76.1 Å². The molecule has 21 heavy (non-hydrogen) atoms. The van der Waals surface area contributed by atoms with Gasteiger partial charge in [0.05, 0.1) is 5.56 Å². The molecule has 2 aromatic rings. The Kier molecular flexibility index (Phi) is 4.19. The summed E-state index contributed by atoms with van der Waals surface area (Å²) in [6.45, 7) is 2.07. The predicted octanol–water partition coefficient (Wildman–Crippen LogP) is 2.68. The molecule has 0 heterocycles. The zero-order valence-corrected chi connectivity index (χ0v) is 11.4. The van der Waals surface area contributed by atoms with E-state index in [1.807, 2.05) is 6.92 Å². The van der Waals surface area contributed by atoms with Crippen molar-refractivity contribution in [2.45, 2.75) is 13.5 Å². The number of benzene rings is 2. The molecule has 0 bridgehead atoms. The average Bonchev–Trinajstić information content (AvgIpc) is 2.46. The van der Waals surface area contributed by atoms with Crippen LogP contribution in [0.2, 0.25) is 0 Å². The van der Waals surface area contributed by atoms with Gasteiger partial charge in [0, 0.05) is 11.6 Å².